The van der Waals surface area contributed by atoms with Crippen LogP contribution < -0.4 is 25.4 Å². The highest BCUT2D eigenvalue weighted by Crippen LogP contribution is 2.29. The lowest BCUT2D eigenvalue weighted by molar-refractivity contribution is -0.124. The molecular weight excluding hydrogens is 514 g/mol. The number of ether oxygens (including phenoxy) is 4. The molecule has 0 radical (unpaired) electrons. The normalized spacial score (nSPS) is 18.1. The Morgan fingerprint density at radius 1 is 0.900 bits per heavy atom. The van der Waals surface area contributed by atoms with Gasteiger partial charge in [-0.25, -0.2) is 0 Å². The average Bonchev–Trinajstić information content (AvgIpc) is 3.68. The Morgan fingerprint density at radius 3 is 2.08 bits per heavy atom. The predicted molar refractivity (Wildman–Crippen MR) is 150 cm³/mol. The van der Waals surface area contributed by atoms with Crippen molar-refractivity contribution in [2.45, 2.75) is 44.8 Å². The SMILES string of the molecule is COc1cc(C=C(C(=O)NC[C@@H]2CCCO2)C(=O)NC[C@@H]2CCCO2)ccc1OCC(=O)Nc1ccc(C)cc1. The molecule has 4 rings (SSSR count). The van der Waals surface area contributed by atoms with Gasteiger partial charge in [0.15, 0.2) is 18.1 Å². The molecule has 10 heteroatoms. The highest BCUT2D eigenvalue weighted by Gasteiger charge is 2.23. The number of rotatable bonds is 12. The van der Waals surface area contributed by atoms with Gasteiger partial charge < -0.3 is 34.9 Å². The van der Waals surface area contributed by atoms with Crippen molar-refractivity contribution in [1.82, 2.24) is 10.6 Å². The molecule has 2 atom stereocenters. The maximum absolute atomic E-state index is 13.1. The van der Waals surface area contributed by atoms with Crippen molar-refractivity contribution >= 4 is 29.5 Å². The van der Waals surface area contributed by atoms with E-state index in [9.17, 15) is 14.4 Å². The largest absolute Gasteiger partial charge is 0.493 e. The van der Waals surface area contributed by atoms with Gasteiger partial charge in [-0.05, 0) is 68.5 Å². The molecule has 40 heavy (non-hydrogen) atoms. The van der Waals surface area contributed by atoms with Gasteiger partial charge in [-0.3, -0.25) is 14.4 Å². The molecule has 10 nitrogen and oxygen atoms in total. The quantitative estimate of drug-likeness (QED) is 0.210. The zero-order valence-corrected chi connectivity index (χ0v) is 23.0. The number of carbonyl (C=O) groups excluding carboxylic acids is 3. The summed E-state index contributed by atoms with van der Waals surface area (Å²) < 4.78 is 22.3. The molecule has 0 unspecified atom stereocenters. The number of benzene rings is 2. The van der Waals surface area contributed by atoms with E-state index < -0.39 is 11.8 Å². The molecule has 2 aromatic rings. The maximum atomic E-state index is 13.1. The van der Waals surface area contributed by atoms with Crippen LogP contribution in [0.5, 0.6) is 11.5 Å². The second-order valence-electron chi connectivity index (χ2n) is 9.86. The van der Waals surface area contributed by atoms with Gasteiger partial charge >= 0.3 is 0 Å². The molecule has 2 saturated heterocycles. The Hall–Kier alpha value is -3.89. The molecule has 2 aromatic carbocycles. The van der Waals surface area contributed by atoms with Crippen LogP contribution in [0.4, 0.5) is 5.69 Å². The summed E-state index contributed by atoms with van der Waals surface area (Å²) in [5, 5.41) is 8.43. The van der Waals surface area contributed by atoms with Crippen molar-refractivity contribution in [3.05, 3.63) is 59.2 Å². The fourth-order valence-electron chi connectivity index (χ4n) is 4.49. The van der Waals surface area contributed by atoms with Crippen molar-refractivity contribution in [2.24, 2.45) is 0 Å². The molecule has 2 aliphatic rings. The van der Waals surface area contributed by atoms with Crippen LogP contribution in [-0.2, 0) is 23.9 Å². The minimum Gasteiger partial charge on any atom is -0.493 e. The first-order valence-corrected chi connectivity index (χ1v) is 13.6. The fourth-order valence-corrected chi connectivity index (χ4v) is 4.49. The Balaban J connectivity index is 1.43. The van der Waals surface area contributed by atoms with Crippen LogP contribution in [0.2, 0.25) is 0 Å². The van der Waals surface area contributed by atoms with Crippen LogP contribution in [0.3, 0.4) is 0 Å². The van der Waals surface area contributed by atoms with Crippen LogP contribution in [0, 0.1) is 6.92 Å². The summed E-state index contributed by atoms with van der Waals surface area (Å²) >= 11 is 0. The van der Waals surface area contributed by atoms with Gasteiger partial charge in [0.05, 0.1) is 19.3 Å². The Bertz CT molecular complexity index is 1170. The van der Waals surface area contributed by atoms with E-state index in [-0.39, 0.29) is 30.3 Å². The van der Waals surface area contributed by atoms with Crippen molar-refractivity contribution in [3.8, 4) is 11.5 Å². The van der Waals surface area contributed by atoms with Crippen LogP contribution in [0.25, 0.3) is 6.08 Å². The molecule has 0 saturated carbocycles. The molecule has 3 N–H and O–H groups in total. The van der Waals surface area contributed by atoms with E-state index in [2.05, 4.69) is 16.0 Å². The lowest BCUT2D eigenvalue weighted by Gasteiger charge is -2.15. The Labute approximate surface area is 234 Å². The first kappa shape index (κ1) is 29.1. The summed E-state index contributed by atoms with van der Waals surface area (Å²) in [5.74, 6) is -0.593. The van der Waals surface area contributed by atoms with E-state index in [1.165, 1.54) is 13.2 Å². The summed E-state index contributed by atoms with van der Waals surface area (Å²) in [7, 11) is 1.48. The second-order valence-corrected chi connectivity index (χ2v) is 9.86. The van der Waals surface area contributed by atoms with Crippen LogP contribution in [-0.4, -0.2) is 69.9 Å². The number of methoxy groups -OCH3 is 1. The highest BCUT2D eigenvalue weighted by molar-refractivity contribution is 6.21. The van der Waals surface area contributed by atoms with E-state index in [0.717, 1.165) is 31.2 Å². The molecule has 0 aromatic heterocycles. The Morgan fingerprint density at radius 2 is 1.52 bits per heavy atom. The highest BCUT2D eigenvalue weighted by atomic mass is 16.5. The predicted octanol–water partition coefficient (Wildman–Crippen LogP) is 2.99. The van der Waals surface area contributed by atoms with Gasteiger partial charge in [-0.2, -0.15) is 0 Å². The van der Waals surface area contributed by atoms with E-state index in [1.807, 2.05) is 31.2 Å². The number of nitrogens with one attached hydrogen (secondary N) is 3. The third-order valence-corrected chi connectivity index (χ3v) is 6.71. The molecular formula is C30H37N3O7. The van der Waals surface area contributed by atoms with Gasteiger partial charge in [0.25, 0.3) is 17.7 Å². The molecule has 0 aliphatic carbocycles. The van der Waals surface area contributed by atoms with Gasteiger partial charge in [0.1, 0.15) is 5.57 Å². The lowest BCUT2D eigenvalue weighted by atomic mass is 10.1. The molecule has 214 valence electrons. The third kappa shape index (κ3) is 8.56. The van der Waals surface area contributed by atoms with Crippen molar-refractivity contribution in [1.29, 1.82) is 0 Å². The van der Waals surface area contributed by atoms with Crippen LogP contribution in [0.1, 0.15) is 36.8 Å². The van der Waals surface area contributed by atoms with E-state index in [0.29, 0.717) is 49.1 Å². The van der Waals surface area contributed by atoms with Gasteiger partial charge in [0.2, 0.25) is 0 Å². The van der Waals surface area contributed by atoms with Gasteiger partial charge in [0, 0.05) is 32.0 Å². The molecule has 0 bridgehead atoms. The van der Waals surface area contributed by atoms with E-state index in [4.69, 9.17) is 18.9 Å². The summed E-state index contributed by atoms with van der Waals surface area (Å²) in [6, 6.07) is 12.4. The second kappa shape index (κ2) is 14.5. The van der Waals surface area contributed by atoms with Crippen molar-refractivity contribution < 1.29 is 33.3 Å². The van der Waals surface area contributed by atoms with Crippen LogP contribution >= 0.6 is 0 Å². The standard InChI is InChI=1S/C30H37N3O7/c1-20-7-10-22(11-8-20)33-28(34)19-40-26-12-9-21(16-27(26)37-2)15-25(29(35)31-17-23-5-3-13-38-23)30(36)32-18-24-6-4-14-39-24/h7-12,15-16,23-24H,3-6,13-14,17-19H2,1-2H3,(H,31,35)(H,32,36)(H,33,34)/t23-,24-/m0/s1. The number of anilines is 1. The summed E-state index contributed by atoms with van der Waals surface area (Å²) in [4.78, 5) is 38.5. The topological polar surface area (TPSA) is 124 Å². The minimum absolute atomic E-state index is 0.0378. The number of hydrogen-bond donors (Lipinski definition) is 3. The van der Waals surface area contributed by atoms with Crippen LogP contribution in [0.15, 0.2) is 48.0 Å². The minimum atomic E-state index is -0.493. The first-order chi connectivity index (χ1) is 19.4. The number of hydrogen-bond acceptors (Lipinski definition) is 7. The zero-order valence-electron chi connectivity index (χ0n) is 23.0. The summed E-state index contributed by atoms with van der Waals surface area (Å²) in [5.41, 5.74) is 2.29. The van der Waals surface area contributed by atoms with Gasteiger partial charge in [-0.1, -0.05) is 23.8 Å². The third-order valence-electron chi connectivity index (χ3n) is 6.71. The fraction of sp³-hybridized carbons (Fsp3) is 0.433. The number of aryl methyl sites for hydroxylation is 1. The molecule has 2 fully saturated rings. The average molecular weight is 552 g/mol. The first-order valence-electron chi connectivity index (χ1n) is 13.6. The van der Waals surface area contributed by atoms with E-state index >= 15 is 0 Å². The van der Waals surface area contributed by atoms with E-state index in [1.54, 1.807) is 18.2 Å². The van der Waals surface area contributed by atoms with Gasteiger partial charge in [-0.15, -0.1) is 0 Å². The zero-order chi connectivity index (χ0) is 28.3. The molecule has 2 heterocycles. The summed E-state index contributed by atoms with van der Waals surface area (Å²) in [6.45, 7) is 3.76. The lowest BCUT2D eigenvalue weighted by Crippen LogP contribution is -2.40. The van der Waals surface area contributed by atoms with Crippen molar-refractivity contribution in [2.75, 3.05) is 45.3 Å². The monoisotopic (exact) mass is 551 g/mol. The molecule has 2 aliphatic heterocycles. The van der Waals surface area contributed by atoms with Crippen molar-refractivity contribution in [3.63, 3.8) is 0 Å². The molecule has 0 spiro atoms. The smallest absolute Gasteiger partial charge is 0.262 e. The number of amides is 3. The number of carbonyl (C=O) groups is 3. The Kier molecular flexibility index (Phi) is 10.5. The summed E-state index contributed by atoms with van der Waals surface area (Å²) in [6.07, 6.45) is 5.03. The molecule has 3 amide bonds. The maximum Gasteiger partial charge on any atom is 0.262 e.